The number of amides is 1. The molecule has 1 saturated carbocycles. The molecule has 1 unspecified atom stereocenters. The van der Waals surface area contributed by atoms with E-state index in [0.717, 1.165) is 46.0 Å². The van der Waals surface area contributed by atoms with E-state index in [1.165, 1.54) is 11.8 Å². The average Bonchev–Trinajstić information content (AvgIpc) is 3.56. The summed E-state index contributed by atoms with van der Waals surface area (Å²) < 4.78 is 5.78. The highest BCUT2D eigenvalue weighted by Gasteiger charge is 2.42. The van der Waals surface area contributed by atoms with Crippen molar-refractivity contribution >= 4 is 28.8 Å². The molecule has 1 N–H and O–H groups in total. The van der Waals surface area contributed by atoms with Crippen molar-refractivity contribution in [3.05, 3.63) is 93.2 Å². The van der Waals surface area contributed by atoms with Crippen molar-refractivity contribution in [3.8, 4) is 0 Å². The Balaban J connectivity index is 1.49. The topological polar surface area (TPSA) is 71.0 Å². The lowest BCUT2D eigenvalue weighted by molar-refractivity contribution is -0.141. The number of allylic oxidation sites excluding steroid dienone is 1. The van der Waals surface area contributed by atoms with Gasteiger partial charge in [-0.25, -0.2) is 9.79 Å². The largest absolute Gasteiger partial charge is 0.457 e. The number of fused-ring (bicyclic) bond motifs is 1. The molecule has 1 aliphatic carbocycles. The minimum atomic E-state index is -0.415. The Morgan fingerprint density at radius 1 is 1.11 bits per heavy atom. The van der Waals surface area contributed by atoms with E-state index in [4.69, 9.17) is 9.73 Å². The number of nitrogens with one attached hydrogen (secondary N) is 1. The fourth-order valence-corrected chi connectivity index (χ4v) is 5.49. The Bertz CT molecular complexity index is 1260. The van der Waals surface area contributed by atoms with Crippen molar-refractivity contribution in [2.24, 2.45) is 4.99 Å². The molecule has 0 aromatic heterocycles. The molecule has 5 rings (SSSR count). The Labute approximate surface area is 210 Å². The van der Waals surface area contributed by atoms with Crippen molar-refractivity contribution in [2.45, 2.75) is 58.7 Å². The van der Waals surface area contributed by atoms with Crippen LogP contribution in [0.25, 0.3) is 0 Å². The zero-order chi connectivity index (χ0) is 24.5. The van der Waals surface area contributed by atoms with Gasteiger partial charge in [-0.05, 0) is 55.7 Å². The third kappa shape index (κ3) is 5.05. The summed E-state index contributed by atoms with van der Waals surface area (Å²) in [6.45, 7) is 6.16. The quantitative estimate of drug-likeness (QED) is 0.538. The summed E-state index contributed by atoms with van der Waals surface area (Å²) in [6, 6.07) is 15.8. The van der Waals surface area contributed by atoms with Gasteiger partial charge in [0.25, 0.3) is 0 Å². The SMILES string of the molecule is CC1=C(C(=O)OCc2ccccc2)C(c2ccc(C)cc2C)N2C(CC(=O)NC3CC3)=CSC2=N1. The summed E-state index contributed by atoms with van der Waals surface area (Å²) in [5, 5.41) is 5.83. The molecule has 180 valence electrons. The van der Waals surface area contributed by atoms with Gasteiger partial charge in [-0.3, -0.25) is 4.79 Å². The number of hydrogen-bond donors (Lipinski definition) is 1. The molecule has 0 bridgehead atoms. The summed E-state index contributed by atoms with van der Waals surface area (Å²) >= 11 is 1.49. The number of carbonyl (C=O) groups excluding carboxylic acids is 2. The van der Waals surface area contributed by atoms with E-state index in [0.29, 0.717) is 17.3 Å². The zero-order valence-electron chi connectivity index (χ0n) is 20.2. The van der Waals surface area contributed by atoms with Gasteiger partial charge in [-0.15, -0.1) is 0 Å². The van der Waals surface area contributed by atoms with E-state index in [1.54, 1.807) is 0 Å². The fraction of sp³-hybridized carbons (Fsp3) is 0.321. The van der Waals surface area contributed by atoms with Crippen molar-refractivity contribution < 1.29 is 14.3 Å². The lowest BCUT2D eigenvalue weighted by Gasteiger charge is -2.37. The van der Waals surface area contributed by atoms with Crippen LogP contribution >= 0.6 is 11.8 Å². The summed E-state index contributed by atoms with van der Waals surface area (Å²) in [5.41, 5.74) is 6.16. The van der Waals surface area contributed by atoms with Crippen LogP contribution < -0.4 is 5.32 Å². The number of esters is 1. The van der Waals surface area contributed by atoms with Crippen LogP contribution in [0.1, 0.15) is 54.5 Å². The minimum Gasteiger partial charge on any atom is -0.457 e. The van der Waals surface area contributed by atoms with Crippen LogP contribution in [0.2, 0.25) is 0 Å². The van der Waals surface area contributed by atoms with Gasteiger partial charge in [-0.2, -0.15) is 0 Å². The molecule has 0 spiro atoms. The Kier molecular flexibility index (Phi) is 6.52. The molecule has 2 aromatic carbocycles. The van der Waals surface area contributed by atoms with Gasteiger partial charge in [0.2, 0.25) is 5.91 Å². The molecule has 1 amide bonds. The number of aliphatic imine (C=N–C) groups is 1. The van der Waals surface area contributed by atoms with E-state index < -0.39 is 12.0 Å². The van der Waals surface area contributed by atoms with Crippen molar-refractivity contribution in [3.63, 3.8) is 0 Å². The lowest BCUT2D eigenvalue weighted by Crippen LogP contribution is -2.38. The molecule has 0 saturated heterocycles. The van der Waals surface area contributed by atoms with E-state index in [-0.39, 0.29) is 18.9 Å². The Morgan fingerprint density at radius 3 is 2.60 bits per heavy atom. The van der Waals surface area contributed by atoms with Crippen molar-refractivity contribution in [1.82, 2.24) is 10.2 Å². The summed E-state index contributed by atoms with van der Waals surface area (Å²) in [7, 11) is 0. The third-order valence-electron chi connectivity index (χ3n) is 6.44. The standard InChI is InChI=1S/C28H29N3O3S/c1-17-9-12-23(18(2)13-17)26-25(27(33)34-15-20-7-5-4-6-8-20)19(3)29-28-31(26)22(16-35-28)14-24(32)30-21-10-11-21/h4-9,12-13,16,21,26H,10-11,14-15H2,1-3H3,(H,30,32). The highest BCUT2D eigenvalue weighted by Crippen LogP contribution is 2.45. The van der Waals surface area contributed by atoms with Crippen LogP contribution in [0.15, 0.2) is 75.9 Å². The van der Waals surface area contributed by atoms with Crippen LogP contribution in [0.3, 0.4) is 0 Å². The Hall–Kier alpha value is -3.32. The second-order valence-electron chi connectivity index (χ2n) is 9.33. The highest BCUT2D eigenvalue weighted by molar-refractivity contribution is 8.16. The fourth-order valence-electron chi connectivity index (χ4n) is 4.53. The molecule has 2 heterocycles. The number of carbonyl (C=O) groups is 2. The summed E-state index contributed by atoms with van der Waals surface area (Å²) in [6.07, 6.45) is 2.33. The number of nitrogens with zero attached hydrogens (tertiary/aromatic N) is 2. The second-order valence-corrected chi connectivity index (χ2v) is 10.2. The van der Waals surface area contributed by atoms with Crippen molar-refractivity contribution in [1.29, 1.82) is 0 Å². The van der Waals surface area contributed by atoms with Crippen LogP contribution in [0.4, 0.5) is 0 Å². The first-order valence-electron chi connectivity index (χ1n) is 11.9. The molecule has 1 fully saturated rings. The maximum Gasteiger partial charge on any atom is 0.338 e. The minimum absolute atomic E-state index is 0.000503. The van der Waals surface area contributed by atoms with E-state index in [1.807, 2.05) is 47.6 Å². The molecule has 35 heavy (non-hydrogen) atoms. The average molecular weight is 488 g/mol. The maximum absolute atomic E-state index is 13.5. The number of benzene rings is 2. The van der Waals surface area contributed by atoms with E-state index in [9.17, 15) is 9.59 Å². The molecule has 7 heteroatoms. The number of rotatable bonds is 7. The third-order valence-corrected chi connectivity index (χ3v) is 7.33. The Morgan fingerprint density at radius 2 is 1.89 bits per heavy atom. The second kappa shape index (κ2) is 9.74. The predicted octanol–water partition coefficient (Wildman–Crippen LogP) is 5.29. The molecule has 0 radical (unpaired) electrons. The van der Waals surface area contributed by atoms with Crippen molar-refractivity contribution in [2.75, 3.05) is 0 Å². The van der Waals surface area contributed by atoms with Gasteiger partial charge < -0.3 is 15.0 Å². The number of hydrogen-bond acceptors (Lipinski definition) is 6. The molecule has 1 atom stereocenters. The van der Waals surface area contributed by atoms with Gasteiger partial charge in [-0.1, -0.05) is 65.9 Å². The monoisotopic (exact) mass is 487 g/mol. The number of aryl methyl sites for hydroxylation is 2. The smallest absolute Gasteiger partial charge is 0.338 e. The van der Waals surface area contributed by atoms with Crippen LogP contribution in [-0.2, 0) is 20.9 Å². The maximum atomic E-state index is 13.5. The first-order chi connectivity index (χ1) is 16.9. The molecule has 2 aliphatic heterocycles. The normalized spacial score (nSPS) is 19.2. The molecular weight excluding hydrogens is 458 g/mol. The van der Waals surface area contributed by atoms with E-state index in [2.05, 4.69) is 37.4 Å². The molecule has 2 aromatic rings. The van der Waals surface area contributed by atoms with Gasteiger partial charge in [0.1, 0.15) is 6.61 Å². The van der Waals surface area contributed by atoms with Crippen LogP contribution in [0, 0.1) is 13.8 Å². The molecular formula is C28H29N3O3S. The van der Waals surface area contributed by atoms with Gasteiger partial charge >= 0.3 is 5.97 Å². The zero-order valence-corrected chi connectivity index (χ0v) is 21.0. The van der Waals surface area contributed by atoms with Crippen LogP contribution in [0.5, 0.6) is 0 Å². The first-order valence-corrected chi connectivity index (χ1v) is 12.8. The highest BCUT2D eigenvalue weighted by atomic mass is 32.2. The summed E-state index contributed by atoms with van der Waals surface area (Å²) in [5.74, 6) is -0.391. The van der Waals surface area contributed by atoms with Crippen LogP contribution in [-0.4, -0.2) is 28.0 Å². The van der Waals surface area contributed by atoms with Gasteiger partial charge in [0.15, 0.2) is 5.17 Å². The molecule has 3 aliphatic rings. The predicted molar refractivity (Wildman–Crippen MR) is 138 cm³/mol. The van der Waals surface area contributed by atoms with Gasteiger partial charge in [0.05, 0.1) is 23.7 Å². The lowest BCUT2D eigenvalue weighted by atomic mass is 9.90. The van der Waals surface area contributed by atoms with E-state index >= 15 is 0 Å². The van der Waals surface area contributed by atoms with Gasteiger partial charge in [0, 0.05) is 11.7 Å². The molecule has 6 nitrogen and oxygen atoms in total. The number of amidine groups is 1. The summed E-state index contributed by atoms with van der Waals surface area (Å²) in [4.78, 5) is 33.0. The first kappa shape index (κ1) is 23.4. The number of thioether (sulfide) groups is 1. The number of ether oxygens (including phenoxy) is 1.